The lowest BCUT2D eigenvalue weighted by atomic mass is 10.0. The number of hydrogen-bond donors (Lipinski definition) is 0. The predicted octanol–water partition coefficient (Wildman–Crippen LogP) is 14.7. The van der Waals surface area contributed by atoms with Gasteiger partial charge in [0.2, 0.25) is 0 Å². The Morgan fingerprint density at radius 3 is 0.925 bits per heavy atom. The van der Waals surface area contributed by atoms with Crippen LogP contribution in [-0.4, -0.2) is 37.2 Å². The van der Waals surface area contributed by atoms with Gasteiger partial charge in [-0.1, -0.05) is 220 Å². The molecule has 0 rings (SSSR count). The third-order valence-electron chi connectivity index (χ3n) is 10.5. The third-order valence-corrected chi connectivity index (χ3v) is 10.5. The minimum absolute atomic E-state index is 0.0643. The molecule has 0 fully saturated rings. The van der Waals surface area contributed by atoms with E-state index in [-0.39, 0.29) is 31.1 Å². The zero-order valence-electron chi connectivity index (χ0n) is 36.0. The van der Waals surface area contributed by atoms with Gasteiger partial charge in [-0.05, 0) is 25.2 Å². The zero-order chi connectivity index (χ0) is 38.9. The van der Waals surface area contributed by atoms with Crippen molar-refractivity contribution in [2.75, 3.05) is 13.2 Å². The number of unbranched alkanes of at least 4 members (excludes halogenated alkanes) is 29. The van der Waals surface area contributed by atoms with Crippen LogP contribution in [0.4, 0.5) is 0 Å². The molecule has 6 heteroatoms. The van der Waals surface area contributed by atoms with Crippen molar-refractivity contribution < 1.29 is 28.6 Å². The first kappa shape index (κ1) is 51.4. The Morgan fingerprint density at radius 2 is 0.623 bits per heavy atom. The molecular formula is C47H90O6. The van der Waals surface area contributed by atoms with E-state index in [9.17, 15) is 14.4 Å². The maximum Gasteiger partial charge on any atom is 0.306 e. The van der Waals surface area contributed by atoms with Crippen molar-refractivity contribution in [1.29, 1.82) is 0 Å². The van der Waals surface area contributed by atoms with Crippen LogP contribution >= 0.6 is 0 Å². The molecule has 0 heterocycles. The Balaban J connectivity index is 4.28. The topological polar surface area (TPSA) is 78.9 Å². The van der Waals surface area contributed by atoms with E-state index < -0.39 is 6.10 Å². The van der Waals surface area contributed by atoms with Crippen molar-refractivity contribution in [2.45, 2.75) is 265 Å². The highest BCUT2D eigenvalue weighted by Gasteiger charge is 2.19. The molecule has 0 bridgehead atoms. The molecule has 53 heavy (non-hydrogen) atoms. The largest absolute Gasteiger partial charge is 0.462 e. The van der Waals surface area contributed by atoms with Gasteiger partial charge in [-0.3, -0.25) is 14.4 Å². The Morgan fingerprint density at radius 1 is 0.358 bits per heavy atom. The number of rotatable bonds is 42. The van der Waals surface area contributed by atoms with Gasteiger partial charge in [0.15, 0.2) is 6.10 Å². The fraction of sp³-hybridized carbons (Fsp3) is 0.936. The Hall–Kier alpha value is -1.59. The number of carbonyl (C=O) groups excluding carboxylic acids is 3. The van der Waals surface area contributed by atoms with Crippen LogP contribution in [0.1, 0.15) is 259 Å². The Bertz CT molecular complexity index is 796. The van der Waals surface area contributed by atoms with E-state index in [0.717, 1.165) is 63.7 Å². The van der Waals surface area contributed by atoms with Crippen LogP contribution in [0.25, 0.3) is 0 Å². The van der Waals surface area contributed by atoms with E-state index >= 15 is 0 Å². The van der Waals surface area contributed by atoms with Gasteiger partial charge in [-0.25, -0.2) is 0 Å². The molecule has 0 N–H and O–H groups in total. The van der Waals surface area contributed by atoms with Crippen LogP contribution in [0.15, 0.2) is 0 Å². The van der Waals surface area contributed by atoms with Crippen molar-refractivity contribution in [1.82, 2.24) is 0 Å². The second-order valence-corrected chi connectivity index (χ2v) is 16.5. The second-order valence-electron chi connectivity index (χ2n) is 16.5. The molecule has 0 aromatic heterocycles. The van der Waals surface area contributed by atoms with Gasteiger partial charge in [-0.15, -0.1) is 0 Å². The molecule has 0 radical (unpaired) electrons. The van der Waals surface area contributed by atoms with Gasteiger partial charge in [-0.2, -0.15) is 0 Å². The normalized spacial score (nSPS) is 11.9. The summed E-state index contributed by atoms with van der Waals surface area (Å²) in [5, 5.41) is 0. The first-order chi connectivity index (χ1) is 25.9. The van der Waals surface area contributed by atoms with Gasteiger partial charge < -0.3 is 14.2 Å². The summed E-state index contributed by atoms with van der Waals surface area (Å²) in [7, 11) is 0. The maximum absolute atomic E-state index is 12.7. The molecular weight excluding hydrogens is 661 g/mol. The quantitative estimate of drug-likeness (QED) is 0.0351. The molecule has 0 aromatic rings. The molecule has 0 unspecified atom stereocenters. The lowest BCUT2D eigenvalue weighted by molar-refractivity contribution is -0.167. The van der Waals surface area contributed by atoms with Gasteiger partial charge in [0.05, 0.1) is 0 Å². The molecule has 6 nitrogen and oxygen atoms in total. The molecule has 0 spiro atoms. The zero-order valence-corrected chi connectivity index (χ0v) is 36.0. The first-order valence-electron chi connectivity index (χ1n) is 23.4. The maximum atomic E-state index is 12.7. The van der Waals surface area contributed by atoms with Crippen molar-refractivity contribution in [3.8, 4) is 0 Å². The van der Waals surface area contributed by atoms with Crippen LogP contribution in [0, 0.1) is 5.92 Å². The molecule has 0 aliphatic heterocycles. The van der Waals surface area contributed by atoms with E-state index in [4.69, 9.17) is 14.2 Å². The second kappa shape index (κ2) is 41.6. The minimum atomic E-state index is -0.759. The lowest BCUT2D eigenvalue weighted by Crippen LogP contribution is -2.30. The van der Waals surface area contributed by atoms with E-state index in [1.807, 2.05) is 0 Å². The molecule has 314 valence electrons. The summed E-state index contributed by atoms with van der Waals surface area (Å²) in [6.45, 7) is 8.93. The van der Waals surface area contributed by atoms with E-state index in [1.165, 1.54) is 154 Å². The summed E-state index contributed by atoms with van der Waals surface area (Å²) in [4.78, 5) is 37.7. The number of carbonyl (C=O) groups is 3. The fourth-order valence-electron chi connectivity index (χ4n) is 6.98. The molecule has 1 atom stereocenters. The average molecular weight is 751 g/mol. The summed E-state index contributed by atoms with van der Waals surface area (Å²) < 4.78 is 16.7. The highest BCUT2D eigenvalue weighted by Crippen LogP contribution is 2.16. The first-order valence-corrected chi connectivity index (χ1v) is 23.4. The van der Waals surface area contributed by atoms with Crippen LogP contribution < -0.4 is 0 Å². The smallest absolute Gasteiger partial charge is 0.306 e. The van der Waals surface area contributed by atoms with E-state index in [0.29, 0.717) is 19.3 Å². The summed E-state index contributed by atoms with van der Waals surface area (Å²) in [6.07, 6.45) is 41.0. The standard InChI is InChI=1S/C47H90O6/c1-5-7-9-11-13-15-17-18-19-20-22-23-25-30-34-38-45(48)51-41-44(42-52-46(49)39-35-31-28-27-29-33-37-43(3)4)53-47(50)40-36-32-26-24-21-16-14-12-10-8-6-2/h43-44H,5-42H2,1-4H3/t44-/m1/s1. The van der Waals surface area contributed by atoms with Gasteiger partial charge in [0.25, 0.3) is 0 Å². The molecule has 0 saturated heterocycles. The number of ether oxygens (including phenoxy) is 3. The van der Waals surface area contributed by atoms with Crippen molar-refractivity contribution in [3.63, 3.8) is 0 Å². The average Bonchev–Trinajstić information content (AvgIpc) is 3.14. The van der Waals surface area contributed by atoms with E-state index in [1.54, 1.807) is 0 Å². The minimum Gasteiger partial charge on any atom is -0.462 e. The number of hydrogen-bond acceptors (Lipinski definition) is 6. The van der Waals surface area contributed by atoms with Crippen LogP contribution in [0.2, 0.25) is 0 Å². The van der Waals surface area contributed by atoms with Crippen molar-refractivity contribution in [3.05, 3.63) is 0 Å². The molecule has 0 aliphatic carbocycles. The summed E-state index contributed by atoms with van der Waals surface area (Å²) >= 11 is 0. The number of esters is 3. The molecule has 0 saturated carbocycles. The predicted molar refractivity (Wildman–Crippen MR) is 224 cm³/mol. The summed E-state index contributed by atoms with van der Waals surface area (Å²) in [6, 6.07) is 0. The van der Waals surface area contributed by atoms with Crippen molar-refractivity contribution >= 4 is 17.9 Å². The molecule has 0 amide bonds. The lowest BCUT2D eigenvalue weighted by Gasteiger charge is -2.18. The Kier molecular flexibility index (Phi) is 40.3. The van der Waals surface area contributed by atoms with Crippen molar-refractivity contribution in [2.24, 2.45) is 5.92 Å². The third kappa shape index (κ3) is 41.4. The highest BCUT2D eigenvalue weighted by atomic mass is 16.6. The van der Waals surface area contributed by atoms with Gasteiger partial charge in [0, 0.05) is 19.3 Å². The molecule has 0 aliphatic rings. The van der Waals surface area contributed by atoms with Gasteiger partial charge in [0.1, 0.15) is 13.2 Å². The Labute approximate surface area is 329 Å². The van der Waals surface area contributed by atoms with Crippen LogP contribution in [0.5, 0.6) is 0 Å². The van der Waals surface area contributed by atoms with E-state index in [2.05, 4.69) is 27.7 Å². The summed E-state index contributed by atoms with van der Waals surface area (Å²) in [5.41, 5.74) is 0. The SMILES string of the molecule is CCCCCCCCCCCCCCCCCC(=O)OC[C@H](COC(=O)CCCCCCCCC(C)C)OC(=O)CCCCCCCCCCCCC. The summed E-state index contributed by atoms with van der Waals surface area (Å²) in [5.74, 6) is -0.0937. The molecule has 0 aromatic carbocycles. The van der Waals surface area contributed by atoms with Crippen LogP contribution in [-0.2, 0) is 28.6 Å². The van der Waals surface area contributed by atoms with Gasteiger partial charge >= 0.3 is 17.9 Å². The highest BCUT2D eigenvalue weighted by molar-refractivity contribution is 5.71. The fourth-order valence-corrected chi connectivity index (χ4v) is 6.98. The van der Waals surface area contributed by atoms with Crippen LogP contribution in [0.3, 0.4) is 0 Å². The monoisotopic (exact) mass is 751 g/mol.